The van der Waals surface area contributed by atoms with Gasteiger partial charge >= 0.3 is 0 Å². The number of hydrogen-bond donors (Lipinski definition) is 4. The molecule has 1 aliphatic rings. The molecule has 7 nitrogen and oxygen atoms in total. The number of hydrogen-bond acceptors (Lipinski definition) is 6. The molecule has 0 aromatic carbocycles. The maximum Gasteiger partial charge on any atom is 0.183 e. The van der Waals surface area contributed by atoms with Crippen LogP contribution in [-0.2, 0) is 0 Å². The molecule has 1 saturated carbocycles. The first-order chi connectivity index (χ1) is 8.74. The minimum absolute atomic E-state index is 0.00536. The first kappa shape index (κ1) is 11.4. The van der Waals surface area contributed by atoms with E-state index in [2.05, 4.69) is 19.9 Å². The number of anilines is 1. The molecule has 0 amide bonds. The van der Waals surface area contributed by atoms with Gasteiger partial charge < -0.3 is 20.9 Å². The van der Waals surface area contributed by atoms with Crippen LogP contribution in [0.4, 0.5) is 5.82 Å². The molecule has 3 atom stereocenters. The van der Waals surface area contributed by atoms with Crippen LogP contribution in [0.2, 0.25) is 0 Å². The van der Waals surface area contributed by atoms with Crippen molar-refractivity contribution in [2.24, 2.45) is 11.8 Å². The fourth-order valence-electron chi connectivity index (χ4n) is 2.63. The van der Waals surface area contributed by atoms with Gasteiger partial charge in [0.05, 0.1) is 6.33 Å². The lowest BCUT2D eigenvalue weighted by molar-refractivity contribution is 0.0191. The van der Waals surface area contributed by atoms with Crippen LogP contribution in [0.25, 0.3) is 11.2 Å². The Bertz CT molecular complexity index is 570. The molecular formula is C11H15N5O2. The number of H-pyrrole nitrogens is 1. The van der Waals surface area contributed by atoms with E-state index in [0.717, 1.165) is 6.42 Å². The zero-order valence-electron chi connectivity index (χ0n) is 9.74. The number of rotatable bonds is 3. The molecule has 2 aromatic rings. The fraction of sp³-hybridized carbons (Fsp3) is 0.545. The minimum Gasteiger partial charge on any atom is -0.396 e. The first-order valence-corrected chi connectivity index (χ1v) is 5.92. The summed E-state index contributed by atoms with van der Waals surface area (Å²) in [5.41, 5.74) is 7.02. The number of nitrogens with one attached hydrogen (secondary N) is 1. The molecule has 1 aliphatic carbocycles. The third-order valence-electron chi connectivity index (χ3n) is 3.79. The Hall–Kier alpha value is -1.73. The van der Waals surface area contributed by atoms with Gasteiger partial charge in [0.2, 0.25) is 0 Å². The smallest absolute Gasteiger partial charge is 0.183 e. The summed E-state index contributed by atoms with van der Waals surface area (Å²) in [6, 6.07) is 0. The Morgan fingerprint density at radius 2 is 2.17 bits per heavy atom. The summed E-state index contributed by atoms with van der Waals surface area (Å²) in [6.45, 7) is 0.111. The number of nitrogens with two attached hydrogens (primary N) is 1. The highest BCUT2D eigenvalue weighted by molar-refractivity contribution is 5.80. The second-order valence-corrected chi connectivity index (χ2v) is 4.70. The highest BCUT2D eigenvalue weighted by atomic mass is 16.3. The van der Waals surface area contributed by atoms with Gasteiger partial charge in [0, 0.05) is 19.1 Å². The molecule has 2 heterocycles. The van der Waals surface area contributed by atoms with E-state index in [1.54, 1.807) is 0 Å². The van der Waals surface area contributed by atoms with E-state index in [9.17, 15) is 5.11 Å². The lowest BCUT2D eigenvalue weighted by Gasteiger charge is -2.41. The van der Waals surface area contributed by atoms with Gasteiger partial charge in [-0.2, -0.15) is 0 Å². The summed E-state index contributed by atoms with van der Waals surface area (Å²) >= 11 is 0. The molecule has 3 rings (SSSR count). The summed E-state index contributed by atoms with van der Waals surface area (Å²) in [4.78, 5) is 15.6. The average molecular weight is 249 g/mol. The molecule has 0 radical (unpaired) electrons. The lowest BCUT2D eigenvalue weighted by Crippen LogP contribution is -2.40. The van der Waals surface area contributed by atoms with Crippen molar-refractivity contribution in [2.75, 3.05) is 18.9 Å². The third kappa shape index (κ3) is 1.55. The maximum atomic E-state index is 9.34. The normalized spacial score (nSPS) is 27.3. The van der Waals surface area contributed by atoms with E-state index in [1.165, 1.54) is 6.33 Å². The van der Waals surface area contributed by atoms with Crippen LogP contribution in [0.15, 0.2) is 6.33 Å². The number of aliphatic hydroxyl groups is 2. The van der Waals surface area contributed by atoms with E-state index in [-0.39, 0.29) is 31.0 Å². The van der Waals surface area contributed by atoms with Gasteiger partial charge in [-0.1, -0.05) is 0 Å². The van der Waals surface area contributed by atoms with Crippen LogP contribution in [0, 0.1) is 11.8 Å². The summed E-state index contributed by atoms with van der Waals surface area (Å²) in [5, 5.41) is 18.5. The van der Waals surface area contributed by atoms with Crippen LogP contribution in [0.3, 0.4) is 0 Å². The van der Waals surface area contributed by atoms with E-state index >= 15 is 0 Å². The van der Waals surface area contributed by atoms with Crippen molar-refractivity contribution < 1.29 is 10.2 Å². The molecule has 1 fully saturated rings. The molecule has 18 heavy (non-hydrogen) atoms. The molecule has 0 bridgehead atoms. The average Bonchev–Trinajstić information content (AvgIpc) is 2.77. The molecule has 0 spiro atoms. The number of aromatic nitrogens is 4. The molecule has 5 N–H and O–H groups in total. The summed E-state index contributed by atoms with van der Waals surface area (Å²) in [7, 11) is 0. The van der Waals surface area contributed by atoms with Gasteiger partial charge in [-0.3, -0.25) is 0 Å². The minimum atomic E-state index is 0.00536. The van der Waals surface area contributed by atoms with Crippen molar-refractivity contribution in [3.8, 4) is 0 Å². The predicted molar refractivity (Wildman–Crippen MR) is 64.6 cm³/mol. The van der Waals surface area contributed by atoms with E-state index in [4.69, 9.17) is 10.8 Å². The lowest BCUT2D eigenvalue weighted by atomic mass is 9.65. The van der Waals surface area contributed by atoms with Gasteiger partial charge in [0.15, 0.2) is 11.5 Å². The second-order valence-electron chi connectivity index (χ2n) is 4.70. The highest BCUT2D eigenvalue weighted by Gasteiger charge is 2.42. The quantitative estimate of drug-likeness (QED) is 0.589. The van der Waals surface area contributed by atoms with E-state index < -0.39 is 0 Å². The van der Waals surface area contributed by atoms with Crippen LogP contribution in [0.5, 0.6) is 0 Å². The zero-order valence-corrected chi connectivity index (χ0v) is 9.74. The van der Waals surface area contributed by atoms with Crippen LogP contribution in [0.1, 0.15) is 18.2 Å². The Kier molecular flexibility index (Phi) is 2.64. The SMILES string of the molecule is Nc1nc([C@@H]2C[C@H](CO)[C@@H]2CO)nc2nc[nH]c12. The van der Waals surface area contributed by atoms with Crippen molar-refractivity contribution in [3.63, 3.8) is 0 Å². The summed E-state index contributed by atoms with van der Waals surface area (Å²) in [6.07, 6.45) is 2.30. The number of aliphatic hydroxyl groups excluding tert-OH is 2. The predicted octanol–water partition coefficient (Wildman–Crippen LogP) is -0.361. The molecule has 0 aliphatic heterocycles. The summed E-state index contributed by atoms with van der Waals surface area (Å²) in [5.74, 6) is 1.16. The second kappa shape index (κ2) is 4.18. The Balaban J connectivity index is 1.95. The Morgan fingerprint density at radius 3 is 2.89 bits per heavy atom. The monoisotopic (exact) mass is 249 g/mol. The fourth-order valence-corrected chi connectivity index (χ4v) is 2.63. The van der Waals surface area contributed by atoms with Gasteiger partial charge in [-0.05, 0) is 18.3 Å². The van der Waals surface area contributed by atoms with E-state index in [1.807, 2.05) is 0 Å². The summed E-state index contributed by atoms with van der Waals surface area (Å²) < 4.78 is 0. The molecule has 7 heteroatoms. The van der Waals surface area contributed by atoms with Crippen LogP contribution < -0.4 is 5.73 Å². The van der Waals surface area contributed by atoms with Gasteiger partial charge in [0.25, 0.3) is 0 Å². The van der Waals surface area contributed by atoms with E-state index in [0.29, 0.717) is 22.8 Å². The standard InChI is InChI=1S/C11H15N5O2/c12-9-8-11(14-4-13-8)16-10(15-9)6-1-5(2-17)7(6)3-18/h4-7,17-18H,1-3H2,(H3,12,13,14,15,16)/t5-,6-,7+/m1/s1. The topological polar surface area (TPSA) is 121 Å². The zero-order chi connectivity index (χ0) is 12.7. The molecule has 0 saturated heterocycles. The number of fused-ring (bicyclic) bond motifs is 1. The van der Waals surface area contributed by atoms with Crippen molar-refractivity contribution >= 4 is 17.0 Å². The number of nitrogens with zero attached hydrogens (tertiary/aromatic N) is 3. The third-order valence-corrected chi connectivity index (χ3v) is 3.79. The van der Waals surface area contributed by atoms with Crippen LogP contribution >= 0.6 is 0 Å². The first-order valence-electron chi connectivity index (χ1n) is 5.92. The Morgan fingerprint density at radius 1 is 1.33 bits per heavy atom. The van der Waals surface area contributed by atoms with Crippen molar-refractivity contribution in [1.29, 1.82) is 0 Å². The van der Waals surface area contributed by atoms with Crippen LogP contribution in [-0.4, -0.2) is 43.4 Å². The number of nitrogen functional groups attached to an aromatic ring is 1. The van der Waals surface area contributed by atoms with Crippen molar-refractivity contribution in [1.82, 2.24) is 19.9 Å². The highest BCUT2D eigenvalue weighted by Crippen LogP contribution is 2.45. The molecular weight excluding hydrogens is 234 g/mol. The van der Waals surface area contributed by atoms with Gasteiger partial charge in [-0.15, -0.1) is 0 Å². The number of imidazole rings is 1. The molecule has 2 aromatic heterocycles. The molecule has 96 valence electrons. The number of aromatic amines is 1. The van der Waals surface area contributed by atoms with Crippen molar-refractivity contribution in [2.45, 2.75) is 12.3 Å². The largest absolute Gasteiger partial charge is 0.396 e. The van der Waals surface area contributed by atoms with Crippen molar-refractivity contribution in [3.05, 3.63) is 12.2 Å². The Labute approximate surface area is 103 Å². The van der Waals surface area contributed by atoms with Gasteiger partial charge in [0.1, 0.15) is 11.3 Å². The molecule has 0 unspecified atom stereocenters. The van der Waals surface area contributed by atoms with Gasteiger partial charge in [-0.25, -0.2) is 15.0 Å². The maximum absolute atomic E-state index is 9.34.